The van der Waals surface area contributed by atoms with Crippen molar-refractivity contribution in [1.82, 2.24) is 5.32 Å². The lowest BCUT2D eigenvalue weighted by atomic mass is 9.96. The van der Waals surface area contributed by atoms with Crippen molar-refractivity contribution in [2.75, 3.05) is 10.8 Å². The minimum atomic E-state index is -4.18. The van der Waals surface area contributed by atoms with E-state index in [4.69, 9.17) is 0 Å². The third-order valence-electron chi connectivity index (χ3n) is 5.74. The third kappa shape index (κ3) is 5.42. The van der Waals surface area contributed by atoms with E-state index in [2.05, 4.69) is 11.4 Å². The second kappa shape index (κ2) is 9.75. The van der Waals surface area contributed by atoms with Crippen LogP contribution in [0.4, 0.5) is 10.1 Å². The topological polar surface area (TPSA) is 66.5 Å². The standard InChI is InChI=1S/C26H29FN2O3S/c1-17-10-12-22(13-11-17)33(31,32)29(25-9-7-6-8-24(25)27)16-26(30)28-21(5)23-15-19(3)18(2)14-20(23)4/h6-15,21H,16H2,1-5H3,(H,28,30)/t21-/m0/s1. The number of aryl methyl sites for hydroxylation is 4. The summed E-state index contributed by atoms with van der Waals surface area (Å²) in [5, 5.41) is 2.87. The smallest absolute Gasteiger partial charge is 0.264 e. The van der Waals surface area contributed by atoms with Gasteiger partial charge in [0.1, 0.15) is 12.4 Å². The molecule has 0 aliphatic rings. The average Bonchev–Trinajstić information content (AvgIpc) is 2.75. The lowest BCUT2D eigenvalue weighted by Gasteiger charge is -2.26. The van der Waals surface area contributed by atoms with Gasteiger partial charge >= 0.3 is 0 Å². The maximum atomic E-state index is 14.6. The fraction of sp³-hybridized carbons (Fsp3) is 0.269. The monoisotopic (exact) mass is 468 g/mol. The van der Waals surface area contributed by atoms with Crippen LogP contribution in [0.3, 0.4) is 0 Å². The molecule has 0 radical (unpaired) electrons. The predicted molar refractivity (Wildman–Crippen MR) is 129 cm³/mol. The number of hydrogen-bond acceptors (Lipinski definition) is 3. The molecule has 0 spiro atoms. The zero-order valence-corrected chi connectivity index (χ0v) is 20.3. The number of hydrogen-bond donors (Lipinski definition) is 1. The van der Waals surface area contributed by atoms with Gasteiger partial charge in [0.15, 0.2) is 0 Å². The Bertz CT molecular complexity index is 1270. The molecule has 0 heterocycles. The van der Waals surface area contributed by atoms with Gasteiger partial charge in [-0.25, -0.2) is 12.8 Å². The first-order valence-electron chi connectivity index (χ1n) is 10.7. The molecule has 0 aromatic heterocycles. The fourth-order valence-electron chi connectivity index (χ4n) is 3.74. The van der Waals surface area contributed by atoms with Crippen LogP contribution in [-0.2, 0) is 14.8 Å². The summed E-state index contributed by atoms with van der Waals surface area (Å²) in [4.78, 5) is 13.0. The lowest BCUT2D eigenvalue weighted by molar-refractivity contribution is -0.120. The molecule has 33 heavy (non-hydrogen) atoms. The van der Waals surface area contributed by atoms with Crippen LogP contribution in [0.2, 0.25) is 0 Å². The maximum absolute atomic E-state index is 14.6. The summed E-state index contributed by atoms with van der Waals surface area (Å²) in [6.45, 7) is 9.13. The summed E-state index contributed by atoms with van der Waals surface area (Å²) in [6, 6.07) is 15.5. The minimum Gasteiger partial charge on any atom is -0.348 e. The number of carbonyl (C=O) groups excluding carboxylic acids is 1. The molecule has 0 aliphatic heterocycles. The first-order valence-corrected chi connectivity index (χ1v) is 12.2. The van der Waals surface area contributed by atoms with Crippen LogP contribution in [0, 0.1) is 33.5 Å². The lowest BCUT2D eigenvalue weighted by Crippen LogP contribution is -2.42. The van der Waals surface area contributed by atoms with E-state index in [0.29, 0.717) is 0 Å². The van der Waals surface area contributed by atoms with Crippen molar-refractivity contribution in [3.8, 4) is 0 Å². The van der Waals surface area contributed by atoms with Crippen molar-refractivity contribution in [2.24, 2.45) is 0 Å². The molecular weight excluding hydrogens is 439 g/mol. The number of benzene rings is 3. The van der Waals surface area contributed by atoms with E-state index in [0.717, 1.165) is 32.1 Å². The van der Waals surface area contributed by atoms with E-state index >= 15 is 0 Å². The Morgan fingerprint density at radius 1 is 0.939 bits per heavy atom. The molecule has 0 saturated carbocycles. The van der Waals surface area contributed by atoms with E-state index < -0.39 is 28.3 Å². The third-order valence-corrected chi connectivity index (χ3v) is 7.52. The second-order valence-electron chi connectivity index (χ2n) is 8.36. The maximum Gasteiger partial charge on any atom is 0.264 e. The summed E-state index contributed by atoms with van der Waals surface area (Å²) >= 11 is 0. The SMILES string of the molecule is Cc1ccc(S(=O)(=O)N(CC(=O)N[C@@H](C)c2cc(C)c(C)cc2C)c2ccccc2F)cc1. The number of para-hydroxylation sites is 1. The number of halogens is 1. The van der Waals surface area contributed by atoms with E-state index in [1.807, 2.05) is 40.7 Å². The summed E-state index contributed by atoms with van der Waals surface area (Å²) in [7, 11) is -4.18. The highest BCUT2D eigenvalue weighted by molar-refractivity contribution is 7.92. The Kier molecular flexibility index (Phi) is 7.22. The van der Waals surface area contributed by atoms with Gasteiger partial charge in [-0.05, 0) is 81.1 Å². The van der Waals surface area contributed by atoms with Crippen molar-refractivity contribution in [3.63, 3.8) is 0 Å². The van der Waals surface area contributed by atoms with Crippen LogP contribution in [0.15, 0.2) is 65.6 Å². The van der Waals surface area contributed by atoms with E-state index in [1.54, 1.807) is 12.1 Å². The summed E-state index contributed by atoms with van der Waals surface area (Å²) in [5.74, 6) is -1.25. The van der Waals surface area contributed by atoms with E-state index in [9.17, 15) is 17.6 Å². The van der Waals surface area contributed by atoms with Crippen molar-refractivity contribution in [1.29, 1.82) is 0 Å². The van der Waals surface area contributed by atoms with Gasteiger partial charge in [-0.15, -0.1) is 0 Å². The molecule has 0 fully saturated rings. The van der Waals surface area contributed by atoms with Crippen LogP contribution < -0.4 is 9.62 Å². The highest BCUT2D eigenvalue weighted by atomic mass is 32.2. The van der Waals surface area contributed by atoms with Crippen LogP contribution in [-0.4, -0.2) is 20.9 Å². The van der Waals surface area contributed by atoms with Gasteiger partial charge in [-0.3, -0.25) is 9.10 Å². The first kappa shape index (κ1) is 24.5. The van der Waals surface area contributed by atoms with Crippen molar-refractivity contribution < 1.29 is 17.6 Å². The van der Waals surface area contributed by atoms with Crippen molar-refractivity contribution >= 4 is 21.6 Å². The molecule has 3 aromatic carbocycles. The van der Waals surface area contributed by atoms with Gasteiger partial charge in [0.05, 0.1) is 16.6 Å². The van der Waals surface area contributed by atoms with Crippen LogP contribution in [0.1, 0.15) is 40.8 Å². The quantitative estimate of drug-likeness (QED) is 0.523. The molecule has 1 atom stereocenters. The molecule has 3 aromatic rings. The van der Waals surface area contributed by atoms with Crippen molar-refractivity contribution in [2.45, 2.75) is 45.6 Å². The molecule has 5 nitrogen and oxygen atoms in total. The van der Waals surface area contributed by atoms with Crippen LogP contribution >= 0.6 is 0 Å². The minimum absolute atomic E-state index is 0.0118. The highest BCUT2D eigenvalue weighted by Crippen LogP contribution is 2.27. The Labute approximate surface area is 195 Å². The fourth-order valence-corrected chi connectivity index (χ4v) is 5.16. The number of anilines is 1. The number of amides is 1. The predicted octanol–water partition coefficient (Wildman–Crippen LogP) is 5.13. The Hall–Kier alpha value is -3.19. The molecule has 7 heteroatoms. The Morgan fingerprint density at radius 3 is 2.18 bits per heavy atom. The van der Waals surface area contributed by atoms with Gasteiger partial charge < -0.3 is 5.32 Å². The Morgan fingerprint density at radius 2 is 1.55 bits per heavy atom. The second-order valence-corrected chi connectivity index (χ2v) is 10.2. The molecule has 174 valence electrons. The summed E-state index contributed by atoms with van der Waals surface area (Å²) < 4.78 is 42.3. The number of sulfonamides is 1. The molecule has 0 bridgehead atoms. The van der Waals surface area contributed by atoms with E-state index in [-0.39, 0.29) is 16.6 Å². The molecular formula is C26H29FN2O3S. The van der Waals surface area contributed by atoms with Gasteiger partial charge in [0.25, 0.3) is 10.0 Å². The van der Waals surface area contributed by atoms with E-state index in [1.165, 1.54) is 36.4 Å². The zero-order chi connectivity index (χ0) is 24.3. The van der Waals surface area contributed by atoms with Crippen molar-refractivity contribution in [3.05, 3.63) is 94.3 Å². The molecule has 0 unspecified atom stereocenters. The number of nitrogens with one attached hydrogen (secondary N) is 1. The molecule has 3 rings (SSSR count). The van der Waals surface area contributed by atoms with Gasteiger partial charge in [-0.2, -0.15) is 0 Å². The van der Waals surface area contributed by atoms with Gasteiger partial charge in [0, 0.05) is 0 Å². The number of rotatable bonds is 7. The normalized spacial score (nSPS) is 12.3. The Balaban J connectivity index is 1.92. The van der Waals surface area contributed by atoms with Crippen LogP contribution in [0.5, 0.6) is 0 Å². The number of carbonyl (C=O) groups is 1. The van der Waals surface area contributed by atoms with Crippen LogP contribution in [0.25, 0.3) is 0 Å². The summed E-state index contributed by atoms with van der Waals surface area (Å²) in [5.41, 5.74) is 4.95. The zero-order valence-electron chi connectivity index (χ0n) is 19.5. The highest BCUT2D eigenvalue weighted by Gasteiger charge is 2.29. The van der Waals surface area contributed by atoms with Gasteiger partial charge in [-0.1, -0.05) is 42.0 Å². The average molecular weight is 469 g/mol. The number of nitrogens with zero attached hydrogens (tertiary/aromatic N) is 1. The summed E-state index contributed by atoms with van der Waals surface area (Å²) in [6.07, 6.45) is 0. The molecule has 0 saturated heterocycles. The molecule has 1 amide bonds. The first-order chi connectivity index (χ1) is 15.5. The largest absolute Gasteiger partial charge is 0.348 e. The molecule has 1 N–H and O–H groups in total. The van der Waals surface area contributed by atoms with Gasteiger partial charge in [0.2, 0.25) is 5.91 Å². The molecule has 0 aliphatic carbocycles.